The predicted molar refractivity (Wildman–Crippen MR) is 118 cm³/mol. The van der Waals surface area contributed by atoms with Crippen molar-refractivity contribution in [2.45, 2.75) is 0 Å². The molecule has 1 saturated heterocycles. The van der Waals surface area contributed by atoms with Crippen molar-refractivity contribution >= 4 is 52.0 Å². The maximum atomic E-state index is 13.1. The number of nitrogens with one attached hydrogen (secondary N) is 1. The molecule has 0 saturated carbocycles. The van der Waals surface area contributed by atoms with E-state index >= 15 is 0 Å². The first-order chi connectivity index (χ1) is 13.8. The van der Waals surface area contributed by atoms with Gasteiger partial charge in [0.15, 0.2) is 5.11 Å². The monoisotopic (exact) mass is 427 g/mol. The highest BCUT2D eigenvalue weighted by molar-refractivity contribution is 7.80. The van der Waals surface area contributed by atoms with Crippen LogP contribution in [0.5, 0.6) is 5.75 Å². The second kappa shape index (κ2) is 8.46. The van der Waals surface area contributed by atoms with E-state index in [1.807, 2.05) is 14.1 Å². The van der Waals surface area contributed by atoms with E-state index in [9.17, 15) is 14.7 Å². The highest BCUT2D eigenvalue weighted by Crippen LogP contribution is 2.26. The number of hydrogen-bond acceptors (Lipinski definition) is 5. The third-order valence-corrected chi connectivity index (χ3v) is 4.62. The van der Waals surface area contributed by atoms with Crippen LogP contribution in [0.25, 0.3) is 5.57 Å². The minimum absolute atomic E-state index is 0.00208. The lowest BCUT2D eigenvalue weighted by molar-refractivity contribution is -0.122. The third kappa shape index (κ3) is 4.64. The van der Waals surface area contributed by atoms with Gasteiger partial charge in [-0.25, -0.2) is 0 Å². The molecule has 0 aliphatic carbocycles. The lowest BCUT2D eigenvalue weighted by atomic mass is 10.0. The number of aromatic hydroxyl groups is 1. The predicted octanol–water partition coefficient (Wildman–Crippen LogP) is 3.32. The third-order valence-electron chi connectivity index (χ3n) is 4.08. The number of halogens is 1. The summed E-state index contributed by atoms with van der Waals surface area (Å²) in [5.41, 5.74) is 1.79. The van der Waals surface area contributed by atoms with Crippen LogP contribution in [0, 0.1) is 0 Å². The van der Waals surface area contributed by atoms with Gasteiger partial charge < -0.3 is 10.0 Å². The fourth-order valence-corrected chi connectivity index (χ4v) is 3.17. The Hall–Kier alpha value is -3.16. The van der Waals surface area contributed by atoms with Gasteiger partial charge in [0, 0.05) is 25.3 Å². The molecular formula is C21H18ClN3O3S. The van der Waals surface area contributed by atoms with Gasteiger partial charge in [-0.15, -0.1) is 0 Å². The Morgan fingerprint density at radius 2 is 1.72 bits per heavy atom. The summed E-state index contributed by atoms with van der Waals surface area (Å²) in [6.45, 7) is 0. The quantitative estimate of drug-likeness (QED) is 0.445. The van der Waals surface area contributed by atoms with Gasteiger partial charge in [-0.3, -0.25) is 19.8 Å². The molecule has 0 radical (unpaired) electrons. The van der Waals surface area contributed by atoms with Crippen molar-refractivity contribution in [3.8, 4) is 5.75 Å². The zero-order valence-electron chi connectivity index (χ0n) is 15.7. The molecule has 148 valence electrons. The summed E-state index contributed by atoms with van der Waals surface area (Å²) < 4.78 is 0. The molecule has 2 amide bonds. The van der Waals surface area contributed by atoms with Crippen LogP contribution in [0.15, 0.2) is 66.4 Å². The molecule has 6 nitrogen and oxygen atoms in total. The molecule has 1 heterocycles. The number of rotatable bonds is 4. The highest BCUT2D eigenvalue weighted by Gasteiger charge is 2.34. The molecule has 0 atom stereocenters. The summed E-state index contributed by atoms with van der Waals surface area (Å²) >= 11 is 11.1. The van der Waals surface area contributed by atoms with Crippen molar-refractivity contribution in [3.05, 3.63) is 77.0 Å². The van der Waals surface area contributed by atoms with Crippen molar-refractivity contribution in [2.24, 2.45) is 0 Å². The molecule has 2 aromatic rings. The number of carbonyl (C=O) groups excluding carboxylic acids is 2. The smallest absolute Gasteiger partial charge is 0.270 e. The summed E-state index contributed by atoms with van der Waals surface area (Å²) in [6, 6.07) is 13.1. The number of benzene rings is 2. The first kappa shape index (κ1) is 20.6. The minimum atomic E-state index is -0.575. The molecule has 2 aromatic carbocycles. The number of thiocarbonyl (C=S) groups is 1. The number of allylic oxidation sites excluding steroid dienone is 2. The Labute approximate surface area is 178 Å². The average Bonchev–Trinajstić information content (AvgIpc) is 2.66. The maximum absolute atomic E-state index is 13.1. The van der Waals surface area contributed by atoms with Crippen molar-refractivity contribution < 1.29 is 14.7 Å². The molecule has 0 aromatic heterocycles. The van der Waals surface area contributed by atoms with Gasteiger partial charge in [0.2, 0.25) is 0 Å². The first-order valence-electron chi connectivity index (χ1n) is 8.61. The van der Waals surface area contributed by atoms with Gasteiger partial charge >= 0.3 is 0 Å². The van der Waals surface area contributed by atoms with Crippen LogP contribution in [-0.4, -0.2) is 41.0 Å². The van der Waals surface area contributed by atoms with Crippen molar-refractivity contribution in [1.29, 1.82) is 0 Å². The molecule has 1 aliphatic heterocycles. The van der Waals surface area contributed by atoms with Crippen LogP contribution in [0.4, 0.5) is 5.69 Å². The summed E-state index contributed by atoms with van der Waals surface area (Å²) in [4.78, 5) is 28.7. The van der Waals surface area contributed by atoms with Crippen molar-refractivity contribution in [2.75, 3.05) is 19.0 Å². The van der Waals surface area contributed by atoms with Crippen LogP contribution in [-0.2, 0) is 9.59 Å². The molecule has 29 heavy (non-hydrogen) atoms. The van der Waals surface area contributed by atoms with Gasteiger partial charge in [0.25, 0.3) is 11.8 Å². The Kier molecular flexibility index (Phi) is 6.00. The zero-order chi connectivity index (χ0) is 21.1. The van der Waals surface area contributed by atoms with E-state index in [1.54, 1.807) is 47.5 Å². The van der Waals surface area contributed by atoms with Gasteiger partial charge in [-0.05, 0) is 65.8 Å². The van der Waals surface area contributed by atoms with E-state index < -0.39 is 11.8 Å². The van der Waals surface area contributed by atoms with Gasteiger partial charge in [-0.2, -0.15) is 0 Å². The molecule has 0 unspecified atom stereocenters. The summed E-state index contributed by atoms with van der Waals surface area (Å²) in [7, 11) is 3.66. The Balaban J connectivity index is 2.05. The molecule has 0 spiro atoms. The standard InChI is InChI=1S/C21H18ClN3O3S/c1-24(2)12-14(13-3-9-17(26)10-4-13)11-18-19(27)23-21(29)25(20(18)28)16-7-5-15(22)6-8-16/h3-12,26H,1-2H3,(H,23,27,29). The van der Waals surface area contributed by atoms with E-state index in [2.05, 4.69) is 5.32 Å². The van der Waals surface area contributed by atoms with E-state index in [1.165, 1.54) is 23.1 Å². The molecular weight excluding hydrogens is 410 g/mol. The Morgan fingerprint density at radius 1 is 1.10 bits per heavy atom. The molecule has 0 bridgehead atoms. The van der Waals surface area contributed by atoms with E-state index in [4.69, 9.17) is 23.8 Å². The summed E-state index contributed by atoms with van der Waals surface area (Å²) in [6.07, 6.45) is 3.29. The van der Waals surface area contributed by atoms with Gasteiger partial charge in [0.05, 0.1) is 5.69 Å². The SMILES string of the molecule is CN(C)C=C(C=C1C(=O)NC(=S)N(c2ccc(Cl)cc2)C1=O)c1ccc(O)cc1. The van der Waals surface area contributed by atoms with Crippen molar-refractivity contribution in [3.63, 3.8) is 0 Å². The molecule has 3 rings (SSSR count). The number of nitrogens with zero attached hydrogens (tertiary/aromatic N) is 2. The molecule has 2 N–H and O–H groups in total. The minimum Gasteiger partial charge on any atom is -0.508 e. The van der Waals surface area contributed by atoms with E-state index in [-0.39, 0.29) is 16.4 Å². The Bertz CT molecular complexity index is 1030. The summed E-state index contributed by atoms with van der Waals surface area (Å²) in [5.74, 6) is -0.991. The zero-order valence-corrected chi connectivity index (χ0v) is 17.3. The van der Waals surface area contributed by atoms with Crippen LogP contribution >= 0.6 is 23.8 Å². The van der Waals surface area contributed by atoms with Crippen molar-refractivity contribution in [1.82, 2.24) is 10.2 Å². The fourth-order valence-electron chi connectivity index (χ4n) is 2.76. The number of phenolic OH excluding ortho intramolecular Hbond substituents is 1. The number of anilines is 1. The highest BCUT2D eigenvalue weighted by atomic mass is 35.5. The van der Waals surface area contributed by atoms with Crippen LogP contribution < -0.4 is 10.2 Å². The molecule has 1 fully saturated rings. The second-order valence-corrected chi connectivity index (χ2v) is 7.35. The number of hydrogen-bond donors (Lipinski definition) is 2. The maximum Gasteiger partial charge on any atom is 0.270 e. The van der Waals surface area contributed by atoms with E-state index in [0.717, 1.165) is 5.56 Å². The van der Waals surface area contributed by atoms with Crippen LogP contribution in [0.3, 0.4) is 0 Å². The van der Waals surface area contributed by atoms with Crippen LogP contribution in [0.2, 0.25) is 5.02 Å². The van der Waals surface area contributed by atoms with Crippen LogP contribution in [0.1, 0.15) is 5.56 Å². The lowest BCUT2D eigenvalue weighted by Gasteiger charge is -2.29. The first-order valence-corrected chi connectivity index (χ1v) is 9.39. The molecule has 8 heteroatoms. The lowest BCUT2D eigenvalue weighted by Crippen LogP contribution is -2.54. The average molecular weight is 428 g/mol. The topological polar surface area (TPSA) is 72.9 Å². The number of amides is 2. The number of phenols is 1. The van der Waals surface area contributed by atoms with Gasteiger partial charge in [-0.1, -0.05) is 23.7 Å². The van der Waals surface area contributed by atoms with E-state index in [0.29, 0.717) is 16.3 Å². The second-order valence-electron chi connectivity index (χ2n) is 6.53. The normalized spacial score (nSPS) is 16.2. The van der Waals surface area contributed by atoms with Gasteiger partial charge in [0.1, 0.15) is 11.3 Å². The Morgan fingerprint density at radius 3 is 2.31 bits per heavy atom. The summed E-state index contributed by atoms with van der Waals surface area (Å²) in [5, 5.41) is 12.6. The molecule has 1 aliphatic rings. The largest absolute Gasteiger partial charge is 0.508 e. The number of carbonyl (C=O) groups is 2. The fraction of sp³-hybridized carbons (Fsp3) is 0.0952.